The van der Waals surface area contributed by atoms with Gasteiger partial charge in [0.2, 0.25) is 0 Å². The van der Waals surface area contributed by atoms with E-state index in [-0.39, 0.29) is 5.56 Å². The molecule has 0 saturated carbocycles. The number of nitrogens with two attached hydrogens (primary N) is 1. The molecule has 4 heteroatoms. The largest absolute Gasteiger partial charge is 0.397 e. The smallest absolute Gasteiger partial charge is 0.263 e. The third-order valence-electron chi connectivity index (χ3n) is 3.88. The SMILES string of the molecule is Nc1cc(C2=CCCC=C2)c(=O)n2ccc3ccsc3c12. The van der Waals surface area contributed by atoms with E-state index in [0.717, 1.165) is 34.0 Å². The lowest BCUT2D eigenvalue weighted by Crippen LogP contribution is -2.19. The average Bonchev–Trinajstić information content (AvgIpc) is 2.99. The van der Waals surface area contributed by atoms with E-state index in [4.69, 9.17) is 5.73 Å². The van der Waals surface area contributed by atoms with Gasteiger partial charge in [0.25, 0.3) is 5.56 Å². The summed E-state index contributed by atoms with van der Waals surface area (Å²) in [4.78, 5) is 12.8. The zero-order valence-corrected chi connectivity index (χ0v) is 12.2. The number of hydrogen-bond acceptors (Lipinski definition) is 3. The fourth-order valence-electron chi connectivity index (χ4n) is 2.86. The Kier molecular flexibility index (Phi) is 2.72. The first-order chi connectivity index (χ1) is 10.3. The fraction of sp³-hybridized carbons (Fsp3) is 0.118. The van der Waals surface area contributed by atoms with Crippen LogP contribution in [0.4, 0.5) is 5.69 Å². The minimum atomic E-state index is -0.00713. The number of thiophene rings is 1. The Morgan fingerprint density at radius 2 is 2.14 bits per heavy atom. The zero-order chi connectivity index (χ0) is 14.4. The normalized spacial score (nSPS) is 14.8. The summed E-state index contributed by atoms with van der Waals surface area (Å²) < 4.78 is 2.74. The van der Waals surface area contributed by atoms with Crippen molar-refractivity contribution in [1.29, 1.82) is 0 Å². The van der Waals surface area contributed by atoms with Gasteiger partial charge >= 0.3 is 0 Å². The Bertz CT molecular complexity index is 976. The molecule has 0 unspecified atom stereocenters. The van der Waals surface area contributed by atoms with E-state index >= 15 is 0 Å². The summed E-state index contributed by atoms with van der Waals surface area (Å²) in [5.41, 5.74) is 9.36. The minimum absolute atomic E-state index is 0.00713. The highest BCUT2D eigenvalue weighted by atomic mass is 32.1. The molecule has 4 rings (SSSR count). The van der Waals surface area contributed by atoms with Gasteiger partial charge in [-0.2, -0.15) is 0 Å². The Hall–Kier alpha value is -2.33. The summed E-state index contributed by atoms with van der Waals surface area (Å²) in [5.74, 6) is 0. The van der Waals surface area contributed by atoms with Crippen molar-refractivity contribution in [1.82, 2.24) is 4.40 Å². The van der Waals surface area contributed by atoms with Gasteiger partial charge in [-0.25, -0.2) is 0 Å². The van der Waals surface area contributed by atoms with Crippen LogP contribution >= 0.6 is 11.3 Å². The second-order valence-corrected chi connectivity index (χ2v) is 6.11. The molecule has 3 nitrogen and oxygen atoms in total. The molecule has 0 bridgehead atoms. The molecule has 1 aliphatic rings. The molecule has 0 amide bonds. The van der Waals surface area contributed by atoms with Crippen LogP contribution in [0.2, 0.25) is 0 Å². The second kappa shape index (κ2) is 4.60. The highest BCUT2D eigenvalue weighted by Crippen LogP contribution is 2.30. The number of anilines is 1. The summed E-state index contributed by atoms with van der Waals surface area (Å²) in [7, 11) is 0. The number of nitrogens with zero attached hydrogens (tertiary/aromatic N) is 1. The molecular weight excluding hydrogens is 280 g/mol. The maximum atomic E-state index is 12.8. The number of allylic oxidation sites excluding steroid dienone is 4. The van der Waals surface area contributed by atoms with Gasteiger partial charge in [-0.3, -0.25) is 9.20 Å². The van der Waals surface area contributed by atoms with E-state index in [9.17, 15) is 4.79 Å². The van der Waals surface area contributed by atoms with Gasteiger partial charge in [-0.15, -0.1) is 11.3 Å². The second-order valence-electron chi connectivity index (χ2n) is 5.20. The fourth-order valence-corrected chi connectivity index (χ4v) is 3.81. The molecule has 0 radical (unpaired) electrons. The molecule has 21 heavy (non-hydrogen) atoms. The summed E-state index contributed by atoms with van der Waals surface area (Å²) in [6, 6.07) is 5.83. The van der Waals surface area contributed by atoms with E-state index in [1.54, 1.807) is 15.7 Å². The van der Waals surface area contributed by atoms with E-state index in [2.05, 4.69) is 12.2 Å². The highest BCUT2D eigenvalue weighted by Gasteiger charge is 2.13. The molecule has 0 saturated heterocycles. The molecule has 3 heterocycles. The predicted molar refractivity (Wildman–Crippen MR) is 89.8 cm³/mol. The Morgan fingerprint density at radius 3 is 2.95 bits per heavy atom. The summed E-state index contributed by atoms with van der Waals surface area (Å²) in [6.07, 6.45) is 10.0. The molecule has 3 aromatic rings. The van der Waals surface area contributed by atoms with Crippen molar-refractivity contribution in [2.45, 2.75) is 12.8 Å². The molecule has 3 aromatic heterocycles. The van der Waals surface area contributed by atoms with Crippen LogP contribution in [0.15, 0.2) is 52.8 Å². The standard InChI is InChI=1S/C17H14N2OS/c18-14-10-13(11-4-2-1-3-5-11)17(20)19-8-6-12-7-9-21-16(12)15(14)19/h2,4-10H,1,3,18H2. The van der Waals surface area contributed by atoms with Gasteiger partial charge in [0.1, 0.15) is 0 Å². The van der Waals surface area contributed by atoms with Gasteiger partial charge in [-0.05, 0) is 47.4 Å². The number of aromatic nitrogens is 1. The molecule has 0 fully saturated rings. The lowest BCUT2D eigenvalue weighted by Gasteiger charge is -2.11. The average molecular weight is 294 g/mol. The van der Waals surface area contributed by atoms with Crippen molar-refractivity contribution in [2.75, 3.05) is 5.73 Å². The van der Waals surface area contributed by atoms with Crippen molar-refractivity contribution >= 4 is 38.2 Å². The molecule has 2 N–H and O–H groups in total. The predicted octanol–water partition coefficient (Wildman–Crippen LogP) is 3.83. The molecule has 0 aromatic carbocycles. The molecule has 104 valence electrons. The van der Waals surface area contributed by atoms with Crippen molar-refractivity contribution in [3.8, 4) is 0 Å². The van der Waals surface area contributed by atoms with Gasteiger partial charge in [0.05, 0.1) is 15.9 Å². The Balaban J connectivity index is 2.10. The Morgan fingerprint density at radius 1 is 1.24 bits per heavy atom. The molecule has 1 aliphatic carbocycles. The lowest BCUT2D eigenvalue weighted by atomic mass is 10.00. The molecule has 0 aliphatic heterocycles. The molecular formula is C17H14N2OS. The van der Waals surface area contributed by atoms with Gasteiger partial charge in [0, 0.05) is 11.8 Å². The summed E-state index contributed by atoms with van der Waals surface area (Å²) in [6.45, 7) is 0. The van der Waals surface area contributed by atoms with Crippen molar-refractivity contribution in [2.24, 2.45) is 0 Å². The van der Waals surface area contributed by atoms with E-state index < -0.39 is 0 Å². The van der Waals surface area contributed by atoms with Crippen molar-refractivity contribution in [3.63, 3.8) is 0 Å². The Labute approximate surface area is 125 Å². The van der Waals surface area contributed by atoms with E-state index in [1.165, 1.54) is 0 Å². The lowest BCUT2D eigenvalue weighted by molar-refractivity contribution is 1.03. The maximum absolute atomic E-state index is 12.8. The van der Waals surface area contributed by atoms with Crippen LogP contribution in [0, 0.1) is 0 Å². The molecule has 0 spiro atoms. The van der Waals surface area contributed by atoms with Crippen LogP contribution < -0.4 is 11.3 Å². The first-order valence-corrected chi connectivity index (χ1v) is 7.82. The van der Waals surface area contributed by atoms with Crippen LogP contribution in [0.1, 0.15) is 18.4 Å². The highest BCUT2D eigenvalue weighted by molar-refractivity contribution is 7.18. The van der Waals surface area contributed by atoms with Gasteiger partial charge in [0.15, 0.2) is 0 Å². The first-order valence-electron chi connectivity index (χ1n) is 6.94. The zero-order valence-electron chi connectivity index (χ0n) is 11.4. The van der Waals surface area contributed by atoms with Gasteiger partial charge < -0.3 is 5.73 Å². The van der Waals surface area contributed by atoms with Crippen LogP contribution in [0.3, 0.4) is 0 Å². The van der Waals surface area contributed by atoms with Crippen LogP contribution in [-0.2, 0) is 0 Å². The monoisotopic (exact) mass is 294 g/mol. The number of rotatable bonds is 1. The van der Waals surface area contributed by atoms with Gasteiger partial charge in [-0.1, -0.05) is 18.2 Å². The third kappa shape index (κ3) is 1.83. The maximum Gasteiger partial charge on any atom is 0.263 e. The first kappa shape index (κ1) is 12.4. The van der Waals surface area contributed by atoms with E-state index in [0.29, 0.717) is 11.3 Å². The summed E-state index contributed by atoms with van der Waals surface area (Å²) in [5, 5.41) is 3.14. The summed E-state index contributed by atoms with van der Waals surface area (Å²) >= 11 is 1.61. The van der Waals surface area contributed by atoms with Crippen LogP contribution in [-0.4, -0.2) is 4.40 Å². The van der Waals surface area contributed by atoms with Crippen molar-refractivity contribution in [3.05, 3.63) is 63.9 Å². The third-order valence-corrected chi connectivity index (χ3v) is 4.82. The number of pyridine rings is 2. The van der Waals surface area contributed by atoms with Crippen molar-refractivity contribution < 1.29 is 0 Å². The quantitative estimate of drug-likeness (QED) is 0.741. The number of nitrogen functional groups attached to an aromatic ring is 1. The number of fused-ring (bicyclic) bond motifs is 3. The number of hydrogen-bond donors (Lipinski definition) is 1. The molecule has 0 atom stereocenters. The van der Waals surface area contributed by atoms with Crippen LogP contribution in [0.5, 0.6) is 0 Å². The van der Waals surface area contributed by atoms with E-state index in [1.807, 2.05) is 35.9 Å². The minimum Gasteiger partial charge on any atom is -0.397 e. The van der Waals surface area contributed by atoms with Crippen LogP contribution in [0.25, 0.3) is 21.2 Å². The topological polar surface area (TPSA) is 47.5 Å².